The summed E-state index contributed by atoms with van der Waals surface area (Å²) in [5, 5.41) is 20.1. The van der Waals surface area contributed by atoms with Gasteiger partial charge in [-0.1, -0.05) is 31.7 Å². The number of thioether (sulfide) groups is 1. The van der Waals surface area contributed by atoms with Crippen LogP contribution in [-0.4, -0.2) is 64.4 Å². The largest absolute Gasteiger partial charge is 0.457 e. The van der Waals surface area contributed by atoms with Gasteiger partial charge in [-0.15, -0.1) is 0 Å². The highest BCUT2D eigenvalue weighted by Gasteiger charge is 2.22. The molecule has 0 spiro atoms. The number of nitrogens with one attached hydrogen (secondary N) is 3. The maximum absolute atomic E-state index is 12.9. The lowest BCUT2D eigenvalue weighted by Crippen LogP contribution is -2.33. The van der Waals surface area contributed by atoms with Gasteiger partial charge in [0.2, 0.25) is 5.91 Å². The fourth-order valence-corrected chi connectivity index (χ4v) is 5.23. The van der Waals surface area contributed by atoms with E-state index in [0.717, 1.165) is 49.9 Å². The Morgan fingerprint density at radius 1 is 1.03 bits per heavy atom. The lowest BCUT2D eigenvalue weighted by atomic mass is 10.1. The maximum Gasteiger partial charge on any atom is 0.251 e. The molecule has 2 fully saturated rings. The molecular weight excluding hydrogens is 498 g/mol. The Balaban J connectivity index is 1.47. The Bertz CT molecular complexity index is 1180. The zero-order valence-corrected chi connectivity index (χ0v) is 23.0. The standard InChI is InChI=1S/C29H37N5O3S/c1-20(2)27(30)38-28(31)21-9-11-24(12-10-21)37-25-18-22(29(36)32-13-17-33-14-3-4-15-33)7-8-23(25)19-34-16-5-6-26(34)35/h7-12,18,20,30-31H,3-6,13-17,19H2,1-2H3,(H,32,36). The Morgan fingerprint density at radius 3 is 2.39 bits per heavy atom. The molecule has 3 N–H and O–H groups in total. The molecule has 0 unspecified atom stereocenters. The number of hydrogen-bond donors (Lipinski definition) is 3. The van der Waals surface area contributed by atoms with E-state index in [9.17, 15) is 9.59 Å². The first-order chi connectivity index (χ1) is 18.3. The van der Waals surface area contributed by atoms with Crippen molar-refractivity contribution in [3.63, 3.8) is 0 Å². The first-order valence-corrected chi connectivity index (χ1v) is 14.2. The summed E-state index contributed by atoms with van der Waals surface area (Å²) >= 11 is 1.15. The quantitative estimate of drug-likeness (QED) is 0.289. The molecule has 2 amide bonds. The fraction of sp³-hybridized carbons (Fsp3) is 0.448. The van der Waals surface area contributed by atoms with Gasteiger partial charge < -0.3 is 19.9 Å². The summed E-state index contributed by atoms with van der Waals surface area (Å²) in [6, 6.07) is 12.6. The summed E-state index contributed by atoms with van der Waals surface area (Å²) in [4.78, 5) is 29.3. The van der Waals surface area contributed by atoms with E-state index < -0.39 is 0 Å². The molecule has 2 aliphatic rings. The van der Waals surface area contributed by atoms with Crippen LogP contribution in [0.3, 0.4) is 0 Å². The maximum atomic E-state index is 12.9. The molecular formula is C29H37N5O3S. The third kappa shape index (κ3) is 7.45. The number of rotatable bonds is 10. The first-order valence-electron chi connectivity index (χ1n) is 13.3. The van der Waals surface area contributed by atoms with Gasteiger partial charge in [-0.05, 0) is 68.8 Å². The van der Waals surface area contributed by atoms with Crippen molar-refractivity contribution in [1.29, 1.82) is 10.8 Å². The Labute approximate surface area is 229 Å². The topological polar surface area (TPSA) is 110 Å². The highest BCUT2D eigenvalue weighted by molar-refractivity contribution is 8.26. The zero-order chi connectivity index (χ0) is 27.1. The third-order valence-corrected chi connectivity index (χ3v) is 7.99. The predicted octanol–water partition coefficient (Wildman–Crippen LogP) is 5.12. The van der Waals surface area contributed by atoms with Gasteiger partial charge in [0.05, 0.1) is 5.04 Å². The third-order valence-electron chi connectivity index (χ3n) is 6.85. The van der Waals surface area contributed by atoms with Gasteiger partial charge in [0.15, 0.2) is 0 Å². The molecule has 38 heavy (non-hydrogen) atoms. The summed E-state index contributed by atoms with van der Waals surface area (Å²) in [5.41, 5.74) is 2.06. The van der Waals surface area contributed by atoms with E-state index in [4.69, 9.17) is 15.6 Å². The van der Waals surface area contributed by atoms with Gasteiger partial charge in [-0.3, -0.25) is 20.4 Å². The van der Waals surface area contributed by atoms with Gasteiger partial charge in [-0.25, -0.2) is 0 Å². The second kappa shape index (κ2) is 13.1. The van der Waals surface area contributed by atoms with E-state index in [0.29, 0.717) is 52.2 Å². The molecule has 202 valence electrons. The summed E-state index contributed by atoms with van der Waals surface area (Å²) in [7, 11) is 0. The molecule has 0 saturated carbocycles. The molecule has 0 atom stereocenters. The highest BCUT2D eigenvalue weighted by atomic mass is 32.2. The normalized spacial score (nSPS) is 15.8. The van der Waals surface area contributed by atoms with Crippen LogP contribution in [0.25, 0.3) is 0 Å². The minimum absolute atomic E-state index is 0.0774. The van der Waals surface area contributed by atoms with E-state index in [1.165, 1.54) is 12.8 Å². The van der Waals surface area contributed by atoms with Crippen molar-refractivity contribution in [2.24, 2.45) is 5.92 Å². The van der Waals surface area contributed by atoms with Crippen LogP contribution in [0.15, 0.2) is 42.5 Å². The molecule has 2 aliphatic heterocycles. The first kappa shape index (κ1) is 27.9. The van der Waals surface area contributed by atoms with Crippen molar-refractivity contribution >= 4 is 33.7 Å². The van der Waals surface area contributed by atoms with Crippen LogP contribution in [0.4, 0.5) is 0 Å². The average Bonchev–Trinajstić information content (AvgIpc) is 3.57. The smallest absolute Gasteiger partial charge is 0.251 e. The van der Waals surface area contributed by atoms with E-state index >= 15 is 0 Å². The van der Waals surface area contributed by atoms with E-state index in [2.05, 4.69) is 10.2 Å². The molecule has 2 aromatic rings. The molecule has 0 aromatic heterocycles. The van der Waals surface area contributed by atoms with Crippen molar-refractivity contribution in [2.45, 2.75) is 46.1 Å². The van der Waals surface area contributed by atoms with Crippen LogP contribution in [-0.2, 0) is 11.3 Å². The molecule has 2 aromatic carbocycles. The lowest BCUT2D eigenvalue weighted by Gasteiger charge is -2.19. The molecule has 0 aliphatic carbocycles. The molecule has 4 rings (SSSR count). The van der Waals surface area contributed by atoms with Gasteiger partial charge in [0.25, 0.3) is 5.91 Å². The number of ether oxygens (including phenoxy) is 1. The van der Waals surface area contributed by atoms with Crippen molar-refractivity contribution in [1.82, 2.24) is 15.1 Å². The molecule has 0 radical (unpaired) electrons. The Kier molecular flexibility index (Phi) is 9.58. The van der Waals surface area contributed by atoms with Crippen LogP contribution in [0, 0.1) is 16.7 Å². The van der Waals surface area contributed by atoms with E-state index in [-0.39, 0.29) is 17.7 Å². The van der Waals surface area contributed by atoms with Gasteiger partial charge in [-0.2, -0.15) is 0 Å². The SMILES string of the molecule is CC(C)C(=N)SC(=N)c1ccc(Oc2cc(C(=O)NCCN3CCCC3)ccc2CN2CCCC2=O)cc1. The van der Waals surface area contributed by atoms with Crippen molar-refractivity contribution < 1.29 is 14.3 Å². The minimum Gasteiger partial charge on any atom is -0.457 e. The fourth-order valence-electron chi connectivity index (χ4n) is 4.52. The number of likely N-dealkylation sites (tertiary alicyclic amines) is 2. The number of benzene rings is 2. The molecule has 8 nitrogen and oxygen atoms in total. The van der Waals surface area contributed by atoms with Gasteiger partial charge >= 0.3 is 0 Å². The number of nitrogens with zero attached hydrogens (tertiary/aromatic N) is 2. The number of hydrogen-bond acceptors (Lipinski definition) is 7. The number of carbonyl (C=O) groups is 2. The average molecular weight is 536 g/mol. The summed E-state index contributed by atoms with van der Waals surface area (Å²) < 4.78 is 6.24. The van der Waals surface area contributed by atoms with Crippen LogP contribution in [0.5, 0.6) is 11.5 Å². The molecule has 2 saturated heterocycles. The Morgan fingerprint density at radius 2 is 1.74 bits per heavy atom. The zero-order valence-electron chi connectivity index (χ0n) is 22.2. The summed E-state index contributed by atoms with van der Waals surface area (Å²) in [6.07, 6.45) is 3.86. The van der Waals surface area contributed by atoms with Crippen LogP contribution >= 0.6 is 11.8 Å². The lowest BCUT2D eigenvalue weighted by molar-refractivity contribution is -0.128. The number of amides is 2. The van der Waals surface area contributed by atoms with Crippen molar-refractivity contribution in [2.75, 3.05) is 32.7 Å². The summed E-state index contributed by atoms with van der Waals surface area (Å²) in [6.45, 7) is 8.66. The highest BCUT2D eigenvalue weighted by Crippen LogP contribution is 2.30. The van der Waals surface area contributed by atoms with Gasteiger partial charge in [0, 0.05) is 55.2 Å². The van der Waals surface area contributed by atoms with Crippen molar-refractivity contribution in [3.05, 3.63) is 59.2 Å². The second-order valence-corrected chi connectivity index (χ2v) is 11.2. The van der Waals surface area contributed by atoms with E-state index in [1.54, 1.807) is 36.4 Å². The van der Waals surface area contributed by atoms with Crippen LogP contribution < -0.4 is 10.1 Å². The monoisotopic (exact) mass is 535 g/mol. The molecule has 0 bridgehead atoms. The van der Waals surface area contributed by atoms with Crippen molar-refractivity contribution in [3.8, 4) is 11.5 Å². The molecule has 2 heterocycles. The minimum atomic E-state index is -0.147. The van der Waals surface area contributed by atoms with Crippen LogP contribution in [0.1, 0.15) is 61.0 Å². The summed E-state index contributed by atoms with van der Waals surface area (Å²) in [5.74, 6) is 1.17. The Hall–Kier alpha value is -3.17. The van der Waals surface area contributed by atoms with E-state index in [1.807, 2.05) is 24.8 Å². The van der Waals surface area contributed by atoms with Crippen LogP contribution in [0.2, 0.25) is 0 Å². The number of carbonyl (C=O) groups excluding carboxylic acids is 2. The van der Waals surface area contributed by atoms with Gasteiger partial charge in [0.1, 0.15) is 16.5 Å². The molecule has 9 heteroatoms. The second-order valence-electron chi connectivity index (χ2n) is 10.1. The predicted molar refractivity (Wildman–Crippen MR) is 153 cm³/mol.